The fourth-order valence-electron chi connectivity index (χ4n) is 3.96. The van der Waals surface area contributed by atoms with Gasteiger partial charge in [0, 0.05) is 36.0 Å². The lowest BCUT2D eigenvalue weighted by Crippen LogP contribution is -2.41. The summed E-state index contributed by atoms with van der Waals surface area (Å²) >= 11 is 3.33. The average Bonchev–Trinajstić information content (AvgIpc) is 3.56. The Morgan fingerprint density at radius 1 is 1.22 bits per heavy atom. The summed E-state index contributed by atoms with van der Waals surface area (Å²) in [5.41, 5.74) is 1.94. The highest BCUT2D eigenvalue weighted by molar-refractivity contribution is 7.20. The molecule has 0 radical (unpaired) electrons. The van der Waals surface area contributed by atoms with E-state index < -0.39 is 0 Å². The molecule has 0 bridgehead atoms. The number of anilines is 1. The second-order valence-corrected chi connectivity index (χ2v) is 9.81. The molecule has 0 spiro atoms. The molecule has 1 aromatic carbocycles. The van der Waals surface area contributed by atoms with Crippen LogP contribution in [0.2, 0.25) is 0 Å². The molecular formula is C23H25N5O2S2. The minimum atomic E-state index is 0.0836. The molecular weight excluding hydrogens is 442 g/mol. The molecule has 9 heteroatoms. The summed E-state index contributed by atoms with van der Waals surface area (Å²) in [6.07, 6.45) is 4.57. The SMILES string of the molecule is COc1ccc(-c2cn3nc(N4CCC(C(=O)NCCc5cccs5)CC4)sc3n2)cc1. The van der Waals surface area contributed by atoms with Crippen molar-refractivity contribution in [2.75, 3.05) is 31.6 Å². The first-order chi connectivity index (χ1) is 15.7. The zero-order valence-electron chi connectivity index (χ0n) is 17.9. The summed E-state index contributed by atoms with van der Waals surface area (Å²) in [5.74, 6) is 1.09. The number of carbonyl (C=O) groups excluding carboxylic acids is 1. The van der Waals surface area contributed by atoms with Crippen LogP contribution in [0.4, 0.5) is 5.13 Å². The van der Waals surface area contributed by atoms with Gasteiger partial charge in [0.1, 0.15) is 5.75 Å². The molecule has 0 atom stereocenters. The summed E-state index contributed by atoms with van der Waals surface area (Å²) in [6.45, 7) is 2.38. The molecule has 0 unspecified atom stereocenters. The van der Waals surface area contributed by atoms with Gasteiger partial charge in [0.05, 0.1) is 19.0 Å². The first-order valence-corrected chi connectivity index (χ1v) is 12.4. The monoisotopic (exact) mass is 467 g/mol. The number of nitrogens with zero attached hydrogens (tertiary/aromatic N) is 4. The Morgan fingerprint density at radius 2 is 2.03 bits per heavy atom. The molecule has 5 rings (SSSR count). The van der Waals surface area contributed by atoms with Gasteiger partial charge in [0.25, 0.3) is 0 Å². The van der Waals surface area contributed by atoms with Crippen LogP contribution in [-0.2, 0) is 11.2 Å². The number of aromatic nitrogens is 3. The predicted octanol–water partition coefficient (Wildman–Crippen LogP) is 4.10. The average molecular weight is 468 g/mol. The molecule has 1 aliphatic rings. The number of hydrogen-bond donors (Lipinski definition) is 1. The Kier molecular flexibility index (Phi) is 6.09. The maximum atomic E-state index is 12.5. The molecule has 0 aliphatic carbocycles. The first-order valence-electron chi connectivity index (χ1n) is 10.8. The molecule has 1 amide bonds. The first kappa shape index (κ1) is 21.0. The van der Waals surface area contributed by atoms with Gasteiger partial charge in [-0.15, -0.1) is 16.4 Å². The summed E-state index contributed by atoms with van der Waals surface area (Å²) in [5, 5.41) is 10.9. The molecule has 1 fully saturated rings. The number of methoxy groups -OCH3 is 1. The molecule has 0 saturated carbocycles. The molecule has 7 nitrogen and oxygen atoms in total. The third-order valence-corrected chi connectivity index (χ3v) is 7.72. The molecule has 1 saturated heterocycles. The van der Waals surface area contributed by atoms with E-state index in [1.807, 2.05) is 41.0 Å². The molecule has 4 aromatic rings. The number of imidazole rings is 1. The smallest absolute Gasteiger partial charge is 0.223 e. The Hall–Kier alpha value is -2.91. The quantitative estimate of drug-likeness (QED) is 0.443. The second kappa shape index (κ2) is 9.30. The molecule has 3 aromatic heterocycles. The van der Waals surface area contributed by atoms with Crippen molar-refractivity contribution in [3.05, 3.63) is 52.9 Å². The number of thiophene rings is 1. The molecule has 1 aliphatic heterocycles. The Labute approximate surface area is 194 Å². The highest BCUT2D eigenvalue weighted by atomic mass is 32.1. The van der Waals surface area contributed by atoms with Crippen molar-refractivity contribution in [3.63, 3.8) is 0 Å². The van der Waals surface area contributed by atoms with Gasteiger partial charge in [-0.25, -0.2) is 9.50 Å². The highest BCUT2D eigenvalue weighted by Crippen LogP contribution is 2.30. The van der Waals surface area contributed by atoms with Crippen LogP contribution < -0.4 is 15.0 Å². The number of hydrogen-bond acceptors (Lipinski definition) is 7. The van der Waals surface area contributed by atoms with Crippen molar-refractivity contribution < 1.29 is 9.53 Å². The van der Waals surface area contributed by atoms with E-state index in [-0.39, 0.29) is 11.8 Å². The van der Waals surface area contributed by atoms with Crippen LogP contribution in [0.3, 0.4) is 0 Å². The highest BCUT2D eigenvalue weighted by Gasteiger charge is 2.26. The van der Waals surface area contributed by atoms with Crippen molar-refractivity contribution in [1.82, 2.24) is 19.9 Å². The largest absolute Gasteiger partial charge is 0.497 e. The second-order valence-electron chi connectivity index (χ2n) is 7.85. The lowest BCUT2D eigenvalue weighted by atomic mass is 9.96. The van der Waals surface area contributed by atoms with Crippen molar-refractivity contribution in [2.45, 2.75) is 19.3 Å². The van der Waals surface area contributed by atoms with Gasteiger partial charge in [-0.2, -0.15) is 0 Å². The van der Waals surface area contributed by atoms with Crippen LogP contribution in [0.5, 0.6) is 5.75 Å². The van der Waals surface area contributed by atoms with E-state index >= 15 is 0 Å². The Morgan fingerprint density at radius 3 is 2.72 bits per heavy atom. The minimum absolute atomic E-state index is 0.0836. The van der Waals surface area contributed by atoms with Gasteiger partial charge in [0.2, 0.25) is 16.0 Å². The lowest BCUT2D eigenvalue weighted by Gasteiger charge is -2.30. The number of amides is 1. The van der Waals surface area contributed by atoms with Gasteiger partial charge < -0.3 is 15.0 Å². The third kappa shape index (κ3) is 4.49. The lowest BCUT2D eigenvalue weighted by molar-refractivity contribution is -0.125. The van der Waals surface area contributed by atoms with Crippen LogP contribution in [0.15, 0.2) is 48.0 Å². The third-order valence-electron chi connectivity index (χ3n) is 5.81. The molecule has 166 valence electrons. The zero-order chi connectivity index (χ0) is 21.9. The predicted molar refractivity (Wildman–Crippen MR) is 129 cm³/mol. The Balaban J connectivity index is 1.16. The van der Waals surface area contributed by atoms with Crippen LogP contribution in [0, 0.1) is 5.92 Å². The maximum Gasteiger partial charge on any atom is 0.223 e. The normalized spacial score (nSPS) is 14.7. The van der Waals surface area contributed by atoms with Crippen molar-refractivity contribution in [2.24, 2.45) is 5.92 Å². The summed E-state index contributed by atoms with van der Waals surface area (Å²) < 4.78 is 7.07. The topological polar surface area (TPSA) is 71.8 Å². The van der Waals surface area contributed by atoms with Gasteiger partial charge in [-0.05, 0) is 55.0 Å². The van der Waals surface area contributed by atoms with Crippen molar-refractivity contribution in [3.8, 4) is 17.0 Å². The number of ether oxygens (including phenoxy) is 1. The van der Waals surface area contributed by atoms with Crippen molar-refractivity contribution in [1.29, 1.82) is 0 Å². The van der Waals surface area contributed by atoms with E-state index in [1.165, 1.54) is 4.88 Å². The zero-order valence-corrected chi connectivity index (χ0v) is 19.5. The number of benzene rings is 1. The standard InChI is InChI=1S/C23H25N5O2S2/c1-30-18-6-4-16(5-7-18)20-15-28-22(25-20)32-23(26-28)27-12-9-17(10-13-27)21(29)24-11-8-19-3-2-14-31-19/h2-7,14-15,17H,8-13H2,1H3,(H,24,29). The number of piperidine rings is 1. The van der Waals surface area contributed by atoms with Gasteiger partial charge in [0.15, 0.2) is 0 Å². The fourth-order valence-corrected chi connectivity index (χ4v) is 5.60. The van der Waals surface area contributed by atoms with E-state index in [9.17, 15) is 4.79 Å². The molecule has 32 heavy (non-hydrogen) atoms. The van der Waals surface area contributed by atoms with Gasteiger partial charge >= 0.3 is 0 Å². The van der Waals surface area contributed by atoms with Crippen LogP contribution in [0.25, 0.3) is 16.2 Å². The van der Waals surface area contributed by atoms with E-state index in [0.717, 1.165) is 59.5 Å². The van der Waals surface area contributed by atoms with E-state index in [4.69, 9.17) is 14.8 Å². The van der Waals surface area contributed by atoms with E-state index in [0.29, 0.717) is 6.54 Å². The van der Waals surface area contributed by atoms with Crippen LogP contribution in [0.1, 0.15) is 17.7 Å². The van der Waals surface area contributed by atoms with Gasteiger partial charge in [-0.1, -0.05) is 17.4 Å². The number of carbonyl (C=O) groups is 1. The van der Waals surface area contributed by atoms with Crippen molar-refractivity contribution >= 4 is 38.7 Å². The number of rotatable bonds is 7. The maximum absolute atomic E-state index is 12.5. The number of fused-ring (bicyclic) bond motifs is 1. The summed E-state index contributed by atoms with van der Waals surface area (Å²) in [6, 6.07) is 12.0. The number of nitrogens with one attached hydrogen (secondary N) is 1. The van der Waals surface area contributed by atoms with Crippen LogP contribution in [-0.4, -0.2) is 47.2 Å². The van der Waals surface area contributed by atoms with Crippen LogP contribution >= 0.6 is 22.7 Å². The summed E-state index contributed by atoms with van der Waals surface area (Å²) in [7, 11) is 1.66. The fraction of sp³-hybridized carbons (Fsp3) is 0.348. The summed E-state index contributed by atoms with van der Waals surface area (Å²) in [4.78, 5) is 21.7. The van der Waals surface area contributed by atoms with Gasteiger partial charge in [-0.3, -0.25) is 4.79 Å². The molecule has 1 N–H and O–H groups in total. The minimum Gasteiger partial charge on any atom is -0.497 e. The molecule has 4 heterocycles. The Bertz CT molecular complexity index is 1140. The van der Waals surface area contributed by atoms with E-state index in [2.05, 4.69) is 21.7 Å². The van der Waals surface area contributed by atoms with E-state index in [1.54, 1.807) is 29.8 Å².